The maximum absolute atomic E-state index is 12.5. The summed E-state index contributed by atoms with van der Waals surface area (Å²) in [5.74, 6) is -1.17. The molecule has 2 aromatic rings. The Balaban J connectivity index is 1.77. The summed E-state index contributed by atoms with van der Waals surface area (Å²) >= 11 is 0. The monoisotopic (exact) mass is 372 g/mol. The number of amides is 2. The van der Waals surface area contributed by atoms with Gasteiger partial charge < -0.3 is 5.32 Å². The van der Waals surface area contributed by atoms with E-state index in [1.807, 2.05) is 37.3 Å². The zero-order valence-electron chi connectivity index (χ0n) is 14.4. The molecule has 1 aliphatic heterocycles. The fraction of sp³-hybridized carbons (Fsp3) is 0.263. The third kappa shape index (κ3) is 3.35. The fourth-order valence-corrected chi connectivity index (χ4v) is 4.58. The predicted octanol–water partition coefficient (Wildman–Crippen LogP) is 2.49. The van der Waals surface area contributed by atoms with E-state index in [0.29, 0.717) is 4.31 Å². The molecule has 0 spiro atoms. The Morgan fingerprint density at radius 1 is 1.08 bits per heavy atom. The van der Waals surface area contributed by atoms with Gasteiger partial charge in [0, 0.05) is 0 Å². The van der Waals surface area contributed by atoms with E-state index in [1.54, 1.807) is 12.1 Å². The van der Waals surface area contributed by atoms with Gasteiger partial charge in [-0.2, -0.15) is 0 Å². The van der Waals surface area contributed by atoms with E-state index in [0.717, 1.165) is 18.4 Å². The molecule has 0 aromatic heterocycles. The number of benzene rings is 2. The van der Waals surface area contributed by atoms with Gasteiger partial charge in [0.15, 0.2) is 0 Å². The lowest BCUT2D eigenvalue weighted by molar-refractivity contribution is -0.121. The minimum Gasteiger partial charge on any atom is -0.348 e. The van der Waals surface area contributed by atoms with Gasteiger partial charge in [0.2, 0.25) is 5.91 Å². The number of hydrogen-bond acceptors (Lipinski definition) is 4. The molecule has 0 saturated carbocycles. The van der Waals surface area contributed by atoms with Crippen molar-refractivity contribution >= 4 is 21.8 Å². The first kappa shape index (κ1) is 18.1. The molecular weight excluding hydrogens is 352 g/mol. The molecule has 0 aliphatic carbocycles. The van der Waals surface area contributed by atoms with Gasteiger partial charge in [-0.3, -0.25) is 9.59 Å². The van der Waals surface area contributed by atoms with E-state index in [-0.39, 0.29) is 16.5 Å². The summed E-state index contributed by atoms with van der Waals surface area (Å²) in [6.07, 6.45) is 1.57. The van der Waals surface area contributed by atoms with Gasteiger partial charge in [-0.15, -0.1) is 0 Å². The van der Waals surface area contributed by atoms with Crippen LogP contribution in [0.4, 0.5) is 0 Å². The van der Waals surface area contributed by atoms with Gasteiger partial charge >= 0.3 is 0 Å². The SMILES string of the molecule is CCC[C@H](NC(=O)CN1C(=O)c2ccccc2S1(=O)=O)c1ccccc1. The molecule has 1 heterocycles. The lowest BCUT2D eigenvalue weighted by atomic mass is 10.0. The number of carbonyl (C=O) groups excluding carboxylic acids is 2. The van der Waals surface area contributed by atoms with Gasteiger partial charge in [0.05, 0.1) is 11.6 Å². The van der Waals surface area contributed by atoms with Crippen molar-refractivity contribution in [2.24, 2.45) is 0 Å². The van der Waals surface area contributed by atoms with Gasteiger partial charge in [-0.1, -0.05) is 55.8 Å². The summed E-state index contributed by atoms with van der Waals surface area (Å²) in [7, 11) is -3.98. The average Bonchev–Trinajstić information content (AvgIpc) is 2.83. The average molecular weight is 372 g/mol. The van der Waals surface area contributed by atoms with Crippen molar-refractivity contribution in [2.45, 2.75) is 30.7 Å². The summed E-state index contributed by atoms with van der Waals surface area (Å²) in [5.41, 5.74) is 1.05. The Hall–Kier alpha value is -2.67. The number of rotatable bonds is 6. The van der Waals surface area contributed by atoms with Gasteiger partial charge in [-0.05, 0) is 24.1 Å². The molecule has 136 valence electrons. The summed E-state index contributed by atoms with van der Waals surface area (Å²) < 4.78 is 25.7. The molecule has 6 nitrogen and oxygen atoms in total. The van der Waals surface area contributed by atoms with E-state index in [4.69, 9.17) is 0 Å². The Bertz CT molecular complexity index is 926. The van der Waals surface area contributed by atoms with Crippen LogP contribution >= 0.6 is 0 Å². The zero-order chi connectivity index (χ0) is 18.7. The molecule has 1 aliphatic rings. The number of hydrogen-bond donors (Lipinski definition) is 1. The van der Waals surface area contributed by atoms with Crippen LogP contribution in [0, 0.1) is 0 Å². The molecule has 3 rings (SSSR count). The first-order valence-corrected chi connectivity index (χ1v) is 9.89. The van der Waals surface area contributed by atoms with Crippen LogP contribution in [0.15, 0.2) is 59.5 Å². The Kier molecular flexibility index (Phi) is 5.08. The van der Waals surface area contributed by atoms with Crippen molar-refractivity contribution in [1.82, 2.24) is 9.62 Å². The van der Waals surface area contributed by atoms with E-state index in [2.05, 4.69) is 5.32 Å². The molecule has 0 fully saturated rings. The van der Waals surface area contributed by atoms with Gasteiger partial charge in [0.25, 0.3) is 15.9 Å². The van der Waals surface area contributed by atoms with Crippen LogP contribution in [0.1, 0.15) is 41.7 Å². The van der Waals surface area contributed by atoms with Crippen molar-refractivity contribution in [1.29, 1.82) is 0 Å². The second kappa shape index (κ2) is 7.29. The minimum absolute atomic E-state index is 0.0500. The molecule has 7 heteroatoms. The second-order valence-electron chi connectivity index (χ2n) is 6.13. The third-order valence-corrected chi connectivity index (χ3v) is 6.10. The third-order valence-electron chi connectivity index (χ3n) is 4.31. The second-order valence-corrected chi connectivity index (χ2v) is 7.96. The van der Waals surface area contributed by atoms with Crippen LogP contribution in [-0.2, 0) is 14.8 Å². The minimum atomic E-state index is -3.98. The molecule has 1 atom stereocenters. The molecule has 0 bridgehead atoms. The van der Waals surface area contributed by atoms with E-state index in [9.17, 15) is 18.0 Å². The molecule has 0 saturated heterocycles. The number of fused-ring (bicyclic) bond motifs is 1. The summed E-state index contributed by atoms with van der Waals surface area (Å²) in [6.45, 7) is 1.48. The smallest absolute Gasteiger partial charge is 0.269 e. The van der Waals surface area contributed by atoms with E-state index < -0.39 is 28.4 Å². The van der Waals surface area contributed by atoms with Crippen LogP contribution < -0.4 is 5.32 Å². The van der Waals surface area contributed by atoms with E-state index in [1.165, 1.54) is 12.1 Å². The Morgan fingerprint density at radius 3 is 2.38 bits per heavy atom. The number of nitrogens with zero attached hydrogens (tertiary/aromatic N) is 1. The summed E-state index contributed by atoms with van der Waals surface area (Å²) in [4.78, 5) is 24.8. The number of carbonyl (C=O) groups is 2. The highest BCUT2D eigenvalue weighted by Crippen LogP contribution is 2.29. The van der Waals surface area contributed by atoms with Crippen LogP contribution in [0.25, 0.3) is 0 Å². The number of sulfonamides is 1. The van der Waals surface area contributed by atoms with Crippen molar-refractivity contribution in [2.75, 3.05) is 6.54 Å². The van der Waals surface area contributed by atoms with Crippen LogP contribution in [0.5, 0.6) is 0 Å². The zero-order valence-corrected chi connectivity index (χ0v) is 15.2. The maximum atomic E-state index is 12.5. The Labute approximate surface area is 152 Å². The Morgan fingerprint density at radius 2 is 1.73 bits per heavy atom. The van der Waals surface area contributed by atoms with Crippen LogP contribution in [0.2, 0.25) is 0 Å². The molecule has 0 unspecified atom stereocenters. The van der Waals surface area contributed by atoms with Crippen molar-refractivity contribution in [3.05, 3.63) is 65.7 Å². The van der Waals surface area contributed by atoms with Gasteiger partial charge in [-0.25, -0.2) is 12.7 Å². The van der Waals surface area contributed by atoms with Crippen molar-refractivity contribution in [3.63, 3.8) is 0 Å². The predicted molar refractivity (Wildman–Crippen MR) is 96.9 cm³/mol. The highest BCUT2D eigenvalue weighted by Gasteiger charge is 2.41. The fourth-order valence-electron chi connectivity index (χ4n) is 3.05. The molecular formula is C19H20N2O4S. The quantitative estimate of drug-likeness (QED) is 0.844. The molecule has 1 N–H and O–H groups in total. The van der Waals surface area contributed by atoms with Gasteiger partial charge in [0.1, 0.15) is 11.4 Å². The van der Waals surface area contributed by atoms with Crippen molar-refractivity contribution < 1.29 is 18.0 Å². The molecule has 0 radical (unpaired) electrons. The lowest BCUT2D eigenvalue weighted by Gasteiger charge is -2.21. The van der Waals surface area contributed by atoms with Crippen molar-refractivity contribution in [3.8, 4) is 0 Å². The maximum Gasteiger partial charge on any atom is 0.269 e. The first-order chi connectivity index (χ1) is 12.4. The normalized spacial score (nSPS) is 16.2. The van der Waals surface area contributed by atoms with E-state index >= 15 is 0 Å². The topological polar surface area (TPSA) is 83.6 Å². The molecule has 2 aromatic carbocycles. The largest absolute Gasteiger partial charge is 0.348 e. The van der Waals surface area contributed by atoms with Crippen LogP contribution in [-0.4, -0.2) is 31.1 Å². The molecule has 26 heavy (non-hydrogen) atoms. The summed E-state index contributed by atoms with van der Waals surface area (Å²) in [6, 6.07) is 15.2. The van der Waals surface area contributed by atoms with Crippen LogP contribution in [0.3, 0.4) is 0 Å². The highest BCUT2D eigenvalue weighted by atomic mass is 32.2. The number of nitrogens with one attached hydrogen (secondary N) is 1. The first-order valence-electron chi connectivity index (χ1n) is 8.45. The molecule has 2 amide bonds. The lowest BCUT2D eigenvalue weighted by Crippen LogP contribution is -2.41. The standard InChI is InChI=1S/C19H20N2O4S/c1-2-8-16(14-9-4-3-5-10-14)20-18(22)13-21-19(23)15-11-6-7-12-17(15)26(21,24)25/h3-7,9-12,16H,2,8,13H2,1H3,(H,20,22)/t16-/m0/s1. The summed E-state index contributed by atoms with van der Waals surface area (Å²) in [5, 5.41) is 2.85. The highest BCUT2D eigenvalue weighted by molar-refractivity contribution is 7.90.